The zero-order chi connectivity index (χ0) is 13.8. The highest BCUT2D eigenvalue weighted by molar-refractivity contribution is 9.10. The topological polar surface area (TPSA) is 15.3 Å². The second-order valence-corrected chi connectivity index (χ2v) is 6.20. The highest BCUT2D eigenvalue weighted by Crippen LogP contribution is 2.31. The minimum atomic E-state index is -0.107. The molecule has 0 saturated carbocycles. The summed E-state index contributed by atoms with van der Waals surface area (Å²) >= 11 is 3.44. The van der Waals surface area contributed by atoms with Gasteiger partial charge in [-0.05, 0) is 51.6 Å². The number of hydrogen-bond acceptors (Lipinski definition) is 2. The van der Waals surface area contributed by atoms with E-state index >= 15 is 0 Å². The summed E-state index contributed by atoms with van der Waals surface area (Å²) < 4.78 is 15.0. The van der Waals surface area contributed by atoms with Gasteiger partial charge < -0.3 is 5.32 Å². The molecule has 1 aromatic rings. The molecule has 4 heteroatoms. The van der Waals surface area contributed by atoms with Gasteiger partial charge in [0.1, 0.15) is 5.82 Å². The van der Waals surface area contributed by atoms with Crippen molar-refractivity contribution < 1.29 is 4.39 Å². The van der Waals surface area contributed by atoms with Crippen LogP contribution < -0.4 is 5.32 Å². The van der Waals surface area contributed by atoms with Crippen molar-refractivity contribution >= 4 is 15.9 Å². The van der Waals surface area contributed by atoms with Gasteiger partial charge >= 0.3 is 0 Å². The van der Waals surface area contributed by atoms with E-state index in [4.69, 9.17) is 0 Å². The van der Waals surface area contributed by atoms with Gasteiger partial charge in [-0.1, -0.05) is 22.4 Å². The van der Waals surface area contributed by atoms with Crippen LogP contribution in [-0.4, -0.2) is 31.1 Å². The summed E-state index contributed by atoms with van der Waals surface area (Å²) in [4.78, 5) is 2.44. The lowest BCUT2D eigenvalue weighted by molar-refractivity contribution is 0.101. The fraction of sp³-hybridized carbons (Fsp3) is 0.600. The number of nitrogens with one attached hydrogen (secondary N) is 1. The van der Waals surface area contributed by atoms with Gasteiger partial charge in [-0.2, -0.15) is 0 Å². The Morgan fingerprint density at radius 1 is 1.47 bits per heavy atom. The quantitative estimate of drug-likeness (QED) is 0.906. The van der Waals surface area contributed by atoms with Gasteiger partial charge in [-0.3, -0.25) is 4.90 Å². The van der Waals surface area contributed by atoms with Crippen LogP contribution in [0.4, 0.5) is 4.39 Å². The van der Waals surface area contributed by atoms with Crippen LogP contribution in [0.1, 0.15) is 37.8 Å². The van der Waals surface area contributed by atoms with E-state index in [1.54, 1.807) is 12.1 Å². The Hall–Kier alpha value is -0.450. The van der Waals surface area contributed by atoms with Gasteiger partial charge in [0.05, 0.1) is 0 Å². The van der Waals surface area contributed by atoms with Crippen molar-refractivity contribution in [1.29, 1.82) is 0 Å². The second-order valence-electron chi connectivity index (χ2n) is 5.29. The molecule has 2 unspecified atom stereocenters. The molecule has 2 atom stereocenters. The van der Waals surface area contributed by atoms with Crippen LogP contribution in [-0.2, 0) is 0 Å². The van der Waals surface area contributed by atoms with Crippen LogP contribution in [0.5, 0.6) is 0 Å². The van der Waals surface area contributed by atoms with Gasteiger partial charge in [0.25, 0.3) is 0 Å². The first-order valence-corrected chi connectivity index (χ1v) is 7.78. The number of benzene rings is 1. The summed E-state index contributed by atoms with van der Waals surface area (Å²) in [7, 11) is 1.98. The van der Waals surface area contributed by atoms with Gasteiger partial charge in [-0.25, -0.2) is 4.39 Å². The van der Waals surface area contributed by atoms with Gasteiger partial charge in [0.2, 0.25) is 0 Å². The van der Waals surface area contributed by atoms with Gasteiger partial charge in [-0.15, -0.1) is 0 Å². The molecule has 1 aliphatic heterocycles. The van der Waals surface area contributed by atoms with Crippen molar-refractivity contribution in [1.82, 2.24) is 10.2 Å². The molecule has 19 heavy (non-hydrogen) atoms. The van der Waals surface area contributed by atoms with Crippen molar-refractivity contribution in [3.05, 3.63) is 34.1 Å². The minimum Gasteiger partial charge on any atom is -0.318 e. The number of hydrogen-bond donors (Lipinski definition) is 1. The summed E-state index contributed by atoms with van der Waals surface area (Å²) in [6.45, 7) is 4.14. The Bertz CT molecular complexity index is 423. The predicted molar refractivity (Wildman–Crippen MR) is 80.8 cm³/mol. The average Bonchev–Trinajstić information content (AvgIpc) is 2.42. The van der Waals surface area contributed by atoms with Crippen molar-refractivity contribution in [2.45, 2.75) is 38.3 Å². The lowest BCUT2D eigenvalue weighted by Crippen LogP contribution is -2.46. The largest absolute Gasteiger partial charge is 0.318 e. The van der Waals surface area contributed by atoms with Crippen molar-refractivity contribution in [2.75, 3.05) is 20.1 Å². The Balaban J connectivity index is 2.20. The molecular formula is C15H22BrFN2. The van der Waals surface area contributed by atoms with Crippen molar-refractivity contribution in [2.24, 2.45) is 0 Å². The zero-order valence-electron chi connectivity index (χ0n) is 11.6. The third-order valence-electron chi connectivity index (χ3n) is 4.02. The summed E-state index contributed by atoms with van der Waals surface area (Å²) in [5, 5.41) is 3.26. The Morgan fingerprint density at radius 2 is 2.26 bits per heavy atom. The molecule has 0 radical (unpaired) electrons. The van der Waals surface area contributed by atoms with Crippen LogP contribution in [0.3, 0.4) is 0 Å². The number of piperidine rings is 1. The molecule has 1 N–H and O–H groups in total. The van der Waals surface area contributed by atoms with Crippen molar-refractivity contribution in [3.8, 4) is 0 Å². The molecule has 0 aliphatic carbocycles. The first kappa shape index (κ1) is 14.9. The first-order valence-electron chi connectivity index (χ1n) is 6.98. The number of halogens is 2. The van der Waals surface area contributed by atoms with E-state index in [-0.39, 0.29) is 11.9 Å². The maximum atomic E-state index is 14.0. The summed E-state index contributed by atoms with van der Waals surface area (Å²) in [5.41, 5.74) is 0.789. The van der Waals surface area contributed by atoms with E-state index in [0.29, 0.717) is 6.04 Å². The molecule has 0 bridgehead atoms. The highest BCUT2D eigenvalue weighted by atomic mass is 79.9. The predicted octanol–water partition coefficient (Wildman–Crippen LogP) is 3.72. The number of rotatable bonds is 4. The maximum absolute atomic E-state index is 14.0. The number of likely N-dealkylation sites (N-methyl/N-ethyl adjacent to an activating group) is 1. The van der Waals surface area contributed by atoms with E-state index < -0.39 is 0 Å². The van der Waals surface area contributed by atoms with Crippen LogP contribution in [0.25, 0.3) is 0 Å². The lowest BCUT2D eigenvalue weighted by atomic mass is 9.97. The van der Waals surface area contributed by atoms with E-state index in [0.717, 1.165) is 23.1 Å². The van der Waals surface area contributed by atoms with Gasteiger partial charge in [0.15, 0.2) is 0 Å². The molecule has 0 aromatic heterocycles. The normalized spacial score (nSPS) is 22.4. The molecule has 1 heterocycles. The van der Waals surface area contributed by atoms with Crippen molar-refractivity contribution in [3.63, 3.8) is 0 Å². The Morgan fingerprint density at radius 3 is 3.00 bits per heavy atom. The van der Waals surface area contributed by atoms with Crippen LogP contribution >= 0.6 is 15.9 Å². The molecule has 2 rings (SSSR count). The molecule has 0 spiro atoms. The summed E-state index contributed by atoms with van der Waals surface area (Å²) in [5.74, 6) is -0.107. The molecule has 106 valence electrons. The Labute approximate surface area is 123 Å². The van der Waals surface area contributed by atoms with E-state index in [1.165, 1.54) is 19.3 Å². The van der Waals surface area contributed by atoms with Crippen LogP contribution in [0, 0.1) is 5.82 Å². The summed E-state index contributed by atoms with van der Waals surface area (Å²) in [6, 6.07) is 5.84. The average molecular weight is 329 g/mol. The first-order chi connectivity index (χ1) is 9.13. The van der Waals surface area contributed by atoms with E-state index in [2.05, 4.69) is 33.1 Å². The monoisotopic (exact) mass is 328 g/mol. The van der Waals surface area contributed by atoms with Gasteiger partial charge in [0, 0.05) is 28.7 Å². The number of likely N-dealkylation sites (tertiary alicyclic amines) is 1. The van der Waals surface area contributed by atoms with E-state index in [1.807, 2.05) is 13.1 Å². The third-order valence-corrected chi connectivity index (χ3v) is 4.51. The number of nitrogens with zero attached hydrogens (tertiary/aromatic N) is 1. The maximum Gasteiger partial charge on any atom is 0.128 e. The molecular weight excluding hydrogens is 307 g/mol. The molecule has 1 fully saturated rings. The summed E-state index contributed by atoms with van der Waals surface area (Å²) in [6.07, 6.45) is 3.68. The zero-order valence-corrected chi connectivity index (χ0v) is 13.2. The lowest BCUT2D eigenvalue weighted by Gasteiger charge is -2.40. The SMILES string of the molecule is CNCC1CCCCN1C(C)c1cc(Br)ccc1F. The van der Waals surface area contributed by atoms with Crippen LogP contribution in [0.2, 0.25) is 0 Å². The molecule has 1 aromatic carbocycles. The third kappa shape index (κ3) is 3.56. The molecule has 2 nitrogen and oxygen atoms in total. The fourth-order valence-corrected chi connectivity index (χ4v) is 3.38. The Kier molecular flexibility index (Phi) is 5.37. The highest BCUT2D eigenvalue weighted by Gasteiger charge is 2.28. The molecule has 1 aliphatic rings. The standard InChI is InChI=1S/C15H22BrFN2/c1-11(14-9-12(16)6-7-15(14)17)19-8-4-3-5-13(19)10-18-2/h6-7,9,11,13,18H,3-5,8,10H2,1-2H3. The van der Waals surface area contributed by atoms with Crippen LogP contribution in [0.15, 0.2) is 22.7 Å². The second kappa shape index (κ2) is 6.82. The smallest absolute Gasteiger partial charge is 0.128 e. The van der Waals surface area contributed by atoms with E-state index in [9.17, 15) is 4.39 Å². The molecule has 1 saturated heterocycles. The molecule has 0 amide bonds. The fourth-order valence-electron chi connectivity index (χ4n) is 3.00. The minimum absolute atomic E-state index is 0.107.